The highest BCUT2D eigenvalue weighted by molar-refractivity contribution is 7.93. The van der Waals surface area contributed by atoms with Crippen LogP contribution in [-0.4, -0.2) is 33.7 Å². The lowest BCUT2D eigenvalue weighted by molar-refractivity contribution is 0.102. The number of rotatable bonds is 5. The zero-order valence-corrected chi connectivity index (χ0v) is 14.8. The first-order chi connectivity index (χ1) is 12.0. The minimum absolute atomic E-state index is 0.185. The summed E-state index contributed by atoms with van der Waals surface area (Å²) in [6, 6.07) is 14.0. The first-order valence-corrected chi connectivity index (χ1v) is 9.60. The van der Waals surface area contributed by atoms with Gasteiger partial charge < -0.3 is 10.1 Å². The summed E-state index contributed by atoms with van der Waals surface area (Å²) >= 11 is 0. The normalized spacial score (nSPS) is 16.0. The Kier molecular flexibility index (Phi) is 5.06. The average Bonchev–Trinajstić information content (AvgIpc) is 2.96. The van der Waals surface area contributed by atoms with Gasteiger partial charge in [-0.05, 0) is 48.4 Å². The van der Waals surface area contributed by atoms with Crippen molar-refractivity contribution >= 4 is 27.3 Å². The monoisotopic (exact) mass is 360 g/mol. The second-order valence-corrected chi connectivity index (χ2v) is 7.89. The molecule has 3 rings (SSSR count). The van der Waals surface area contributed by atoms with Crippen LogP contribution in [0.1, 0.15) is 22.3 Å². The van der Waals surface area contributed by atoms with Gasteiger partial charge in [0.25, 0.3) is 5.91 Å². The van der Waals surface area contributed by atoms with Crippen molar-refractivity contribution in [2.45, 2.75) is 13.0 Å². The van der Waals surface area contributed by atoms with E-state index in [0.717, 1.165) is 5.56 Å². The standard InChI is InChI=1S/C18H20N2O4S/c1-24-13-14-3-5-15(6-4-14)18(21)19-16-7-9-17(10-8-16)20-11-2-12-25(20,22)23/h3-10H,2,11-13H2,1H3,(H,19,21). The summed E-state index contributed by atoms with van der Waals surface area (Å²) in [4.78, 5) is 12.3. The summed E-state index contributed by atoms with van der Waals surface area (Å²) in [7, 11) is -1.57. The number of hydrogen-bond acceptors (Lipinski definition) is 4. The zero-order valence-electron chi connectivity index (χ0n) is 13.9. The molecule has 0 radical (unpaired) electrons. The van der Waals surface area contributed by atoms with E-state index < -0.39 is 10.0 Å². The number of methoxy groups -OCH3 is 1. The minimum Gasteiger partial charge on any atom is -0.380 e. The van der Waals surface area contributed by atoms with Gasteiger partial charge >= 0.3 is 0 Å². The molecule has 2 aromatic rings. The first kappa shape index (κ1) is 17.4. The molecular formula is C18H20N2O4S. The van der Waals surface area contributed by atoms with Gasteiger partial charge in [0.2, 0.25) is 10.0 Å². The Morgan fingerprint density at radius 1 is 1.12 bits per heavy atom. The van der Waals surface area contributed by atoms with Crippen LogP contribution in [0, 0.1) is 0 Å². The van der Waals surface area contributed by atoms with E-state index in [1.807, 2.05) is 12.1 Å². The molecule has 0 saturated carbocycles. The van der Waals surface area contributed by atoms with E-state index >= 15 is 0 Å². The number of nitrogens with one attached hydrogen (secondary N) is 1. The van der Waals surface area contributed by atoms with E-state index in [1.54, 1.807) is 43.5 Å². The third kappa shape index (κ3) is 4.00. The van der Waals surface area contributed by atoms with Gasteiger partial charge in [0.05, 0.1) is 18.0 Å². The summed E-state index contributed by atoms with van der Waals surface area (Å²) < 4.78 is 30.3. The largest absolute Gasteiger partial charge is 0.380 e. The Morgan fingerprint density at radius 3 is 2.36 bits per heavy atom. The van der Waals surface area contributed by atoms with E-state index in [4.69, 9.17) is 4.74 Å². The molecule has 0 spiro atoms. The second-order valence-electron chi connectivity index (χ2n) is 5.87. The highest BCUT2D eigenvalue weighted by atomic mass is 32.2. The van der Waals surface area contributed by atoms with E-state index in [2.05, 4.69) is 5.32 Å². The van der Waals surface area contributed by atoms with Crippen molar-refractivity contribution in [3.8, 4) is 0 Å². The quantitative estimate of drug-likeness (QED) is 0.889. The van der Waals surface area contributed by atoms with E-state index in [9.17, 15) is 13.2 Å². The van der Waals surface area contributed by atoms with Crippen molar-refractivity contribution in [2.75, 3.05) is 29.0 Å². The maximum Gasteiger partial charge on any atom is 0.255 e. The van der Waals surface area contributed by atoms with Crippen LogP contribution in [0.15, 0.2) is 48.5 Å². The predicted octanol–water partition coefficient (Wildman–Crippen LogP) is 2.63. The number of carbonyl (C=O) groups is 1. The second kappa shape index (κ2) is 7.25. The number of amides is 1. The van der Waals surface area contributed by atoms with Crippen molar-refractivity contribution < 1.29 is 17.9 Å². The molecule has 1 amide bonds. The molecule has 0 aromatic heterocycles. The Labute approximate surface area is 147 Å². The molecule has 0 atom stereocenters. The molecular weight excluding hydrogens is 340 g/mol. The number of benzene rings is 2. The first-order valence-electron chi connectivity index (χ1n) is 7.99. The lowest BCUT2D eigenvalue weighted by Gasteiger charge is -2.17. The smallest absolute Gasteiger partial charge is 0.255 e. The average molecular weight is 360 g/mol. The third-order valence-electron chi connectivity index (χ3n) is 4.04. The van der Waals surface area contributed by atoms with Gasteiger partial charge in [0, 0.05) is 24.9 Å². The van der Waals surface area contributed by atoms with Crippen LogP contribution in [0.25, 0.3) is 0 Å². The number of sulfonamides is 1. The van der Waals surface area contributed by atoms with E-state index in [0.29, 0.717) is 36.5 Å². The Morgan fingerprint density at radius 2 is 1.80 bits per heavy atom. The van der Waals surface area contributed by atoms with E-state index in [1.165, 1.54) is 4.31 Å². The minimum atomic E-state index is -3.19. The highest BCUT2D eigenvalue weighted by Gasteiger charge is 2.28. The van der Waals surface area contributed by atoms with Gasteiger partial charge in [-0.2, -0.15) is 0 Å². The number of nitrogens with zero attached hydrogens (tertiary/aromatic N) is 1. The van der Waals surface area contributed by atoms with Gasteiger partial charge in [0.15, 0.2) is 0 Å². The van der Waals surface area contributed by atoms with Crippen molar-refractivity contribution in [1.29, 1.82) is 0 Å². The van der Waals surface area contributed by atoms with E-state index in [-0.39, 0.29) is 11.7 Å². The molecule has 25 heavy (non-hydrogen) atoms. The van der Waals surface area contributed by atoms with Crippen LogP contribution in [0.4, 0.5) is 11.4 Å². The third-order valence-corrected chi connectivity index (χ3v) is 5.91. The molecule has 2 aromatic carbocycles. The number of anilines is 2. The summed E-state index contributed by atoms with van der Waals surface area (Å²) in [6.45, 7) is 1.00. The van der Waals surface area contributed by atoms with Gasteiger partial charge in [0.1, 0.15) is 0 Å². The van der Waals surface area contributed by atoms with Crippen molar-refractivity contribution in [3.63, 3.8) is 0 Å². The summed E-state index contributed by atoms with van der Waals surface area (Å²) in [5.41, 5.74) is 2.78. The fourth-order valence-corrected chi connectivity index (χ4v) is 4.33. The number of carbonyl (C=O) groups excluding carboxylic acids is 1. The molecule has 1 N–H and O–H groups in total. The van der Waals surface area contributed by atoms with Gasteiger partial charge in [-0.1, -0.05) is 12.1 Å². The molecule has 1 aliphatic rings. The molecule has 0 bridgehead atoms. The van der Waals surface area contributed by atoms with Crippen LogP contribution in [0.5, 0.6) is 0 Å². The summed E-state index contributed by atoms with van der Waals surface area (Å²) in [6.07, 6.45) is 0.639. The Balaban J connectivity index is 1.67. The maximum absolute atomic E-state index is 12.3. The molecule has 1 heterocycles. The zero-order chi connectivity index (χ0) is 17.9. The summed E-state index contributed by atoms with van der Waals surface area (Å²) in [5.74, 6) is -0.0320. The van der Waals surface area contributed by atoms with Crippen LogP contribution in [-0.2, 0) is 21.4 Å². The van der Waals surface area contributed by atoms with Crippen LogP contribution in [0.2, 0.25) is 0 Å². The molecule has 0 aliphatic carbocycles. The Hall–Kier alpha value is -2.38. The SMILES string of the molecule is COCc1ccc(C(=O)Nc2ccc(N3CCCS3(=O)=O)cc2)cc1. The maximum atomic E-state index is 12.3. The van der Waals surface area contributed by atoms with Gasteiger partial charge in [-0.3, -0.25) is 9.10 Å². The number of ether oxygens (including phenoxy) is 1. The molecule has 1 saturated heterocycles. The highest BCUT2D eigenvalue weighted by Crippen LogP contribution is 2.25. The molecule has 6 nitrogen and oxygen atoms in total. The number of hydrogen-bond donors (Lipinski definition) is 1. The molecule has 132 valence electrons. The predicted molar refractivity (Wildman–Crippen MR) is 97.3 cm³/mol. The van der Waals surface area contributed by atoms with Gasteiger partial charge in [-0.25, -0.2) is 8.42 Å². The molecule has 1 aliphatic heterocycles. The van der Waals surface area contributed by atoms with Crippen molar-refractivity contribution in [1.82, 2.24) is 0 Å². The van der Waals surface area contributed by atoms with Crippen LogP contribution >= 0.6 is 0 Å². The van der Waals surface area contributed by atoms with Crippen molar-refractivity contribution in [2.24, 2.45) is 0 Å². The fourth-order valence-electron chi connectivity index (χ4n) is 2.76. The van der Waals surface area contributed by atoms with Gasteiger partial charge in [-0.15, -0.1) is 0 Å². The molecule has 1 fully saturated rings. The molecule has 7 heteroatoms. The lowest BCUT2D eigenvalue weighted by atomic mass is 10.1. The van der Waals surface area contributed by atoms with Crippen molar-refractivity contribution in [3.05, 3.63) is 59.7 Å². The topological polar surface area (TPSA) is 75.7 Å². The lowest BCUT2D eigenvalue weighted by Crippen LogP contribution is -2.24. The Bertz CT molecular complexity index is 846. The summed E-state index contributed by atoms with van der Waals surface area (Å²) in [5, 5.41) is 2.81. The van der Waals surface area contributed by atoms with Crippen LogP contribution < -0.4 is 9.62 Å². The molecule has 0 unspecified atom stereocenters. The fraction of sp³-hybridized carbons (Fsp3) is 0.278. The van der Waals surface area contributed by atoms with Crippen LogP contribution in [0.3, 0.4) is 0 Å².